The van der Waals surface area contributed by atoms with Gasteiger partial charge in [0.1, 0.15) is 5.75 Å². The molecule has 1 heterocycles. The Morgan fingerprint density at radius 2 is 1.81 bits per heavy atom. The molecule has 114 valence electrons. The third kappa shape index (κ3) is 2.13. The Balaban J connectivity index is 1.91. The van der Waals surface area contributed by atoms with Crippen LogP contribution in [0.3, 0.4) is 0 Å². The van der Waals surface area contributed by atoms with Crippen LogP contribution in [0.25, 0.3) is 0 Å². The summed E-state index contributed by atoms with van der Waals surface area (Å²) in [6.45, 7) is 2.55. The lowest BCUT2D eigenvalue weighted by Gasteiger charge is -2.45. The van der Waals surface area contributed by atoms with Crippen LogP contribution in [-0.2, 0) is 4.79 Å². The molecule has 1 saturated carbocycles. The first kappa shape index (κ1) is 14.4. The number of hydrogen-bond donors (Lipinski definition) is 1. The molecule has 1 spiro atoms. The molecule has 1 aliphatic carbocycles. The first-order chi connectivity index (χ1) is 10.00. The van der Waals surface area contributed by atoms with Crippen molar-refractivity contribution < 1.29 is 14.6 Å². The molecular formula is C17H23NO3. The van der Waals surface area contributed by atoms with Gasteiger partial charge in [-0.3, -0.25) is 4.79 Å². The Labute approximate surface area is 125 Å². The van der Waals surface area contributed by atoms with Crippen LogP contribution in [0, 0.1) is 5.41 Å². The molecule has 1 aromatic rings. The van der Waals surface area contributed by atoms with E-state index in [-0.39, 0.29) is 5.91 Å². The van der Waals surface area contributed by atoms with Crippen molar-refractivity contribution in [3.8, 4) is 5.75 Å². The average molecular weight is 289 g/mol. The molecular weight excluding hydrogens is 266 g/mol. The van der Waals surface area contributed by atoms with Crippen molar-refractivity contribution >= 4 is 11.6 Å². The fraction of sp³-hybridized carbons (Fsp3) is 0.588. The van der Waals surface area contributed by atoms with Gasteiger partial charge in [-0.15, -0.1) is 0 Å². The molecule has 4 nitrogen and oxygen atoms in total. The lowest BCUT2D eigenvalue weighted by Crippen LogP contribution is -2.57. The highest BCUT2D eigenvalue weighted by atomic mass is 16.5. The van der Waals surface area contributed by atoms with Crippen molar-refractivity contribution in [2.75, 3.05) is 18.6 Å². The zero-order chi connectivity index (χ0) is 15.1. The fourth-order valence-corrected chi connectivity index (χ4v) is 3.99. The Hall–Kier alpha value is -1.55. The van der Waals surface area contributed by atoms with E-state index in [1.807, 2.05) is 36.1 Å². The molecule has 1 aliphatic heterocycles. The maximum Gasteiger partial charge on any atom is 0.236 e. The van der Waals surface area contributed by atoms with Gasteiger partial charge in [0, 0.05) is 12.2 Å². The molecule has 0 unspecified atom stereocenters. The van der Waals surface area contributed by atoms with E-state index in [1.165, 1.54) is 0 Å². The highest BCUT2D eigenvalue weighted by molar-refractivity contribution is 5.99. The molecule has 2 atom stereocenters. The number of hydrogen-bond acceptors (Lipinski definition) is 3. The second-order valence-corrected chi connectivity index (χ2v) is 6.47. The average Bonchev–Trinajstić information content (AvgIpc) is 2.78. The maximum atomic E-state index is 13.1. The highest BCUT2D eigenvalue weighted by Crippen LogP contribution is 2.52. The van der Waals surface area contributed by atoms with Crippen molar-refractivity contribution in [3.05, 3.63) is 24.3 Å². The minimum Gasteiger partial charge on any atom is -0.497 e. The molecule has 1 amide bonds. The smallest absolute Gasteiger partial charge is 0.236 e. The third-order valence-electron chi connectivity index (χ3n) is 5.32. The SMILES string of the molecule is COc1ccc(N2CCC[C@@]3(CCC[C@@]3(C)O)C2=O)cc1. The third-order valence-corrected chi connectivity index (χ3v) is 5.32. The molecule has 0 bridgehead atoms. The summed E-state index contributed by atoms with van der Waals surface area (Å²) in [5.74, 6) is 0.868. The number of amides is 1. The Kier molecular flexibility index (Phi) is 3.44. The van der Waals surface area contributed by atoms with Crippen LogP contribution in [0.1, 0.15) is 39.0 Å². The van der Waals surface area contributed by atoms with E-state index in [9.17, 15) is 9.90 Å². The van der Waals surface area contributed by atoms with Crippen molar-refractivity contribution in [2.45, 2.75) is 44.6 Å². The van der Waals surface area contributed by atoms with Crippen LogP contribution in [0.15, 0.2) is 24.3 Å². The maximum absolute atomic E-state index is 13.1. The van der Waals surface area contributed by atoms with E-state index >= 15 is 0 Å². The van der Waals surface area contributed by atoms with Gasteiger partial charge in [-0.2, -0.15) is 0 Å². The first-order valence-corrected chi connectivity index (χ1v) is 7.69. The number of benzene rings is 1. The molecule has 2 fully saturated rings. The fourth-order valence-electron chi connectivity index (χ4n) is 3.99. The number of aliphatic hydroxyl groups is 1. The molecule has 4 heteroatoms. The number of carbonyl (C=O) groups is 1. The lowest BCUT2D eigenvalue weighted by atomic mass is 9.69. The first-order valence-electron chi connectivity index (χ1n) is 7.69. The lowest BCUT2D eigenvalue weighted by molar-refractivity contribution is -0.145. The molecule has 1 aromatic carbocycles. The zero-order valence-corrected chi connectivity index (χ0v) is 12.8. The summed E-state index contributed by atoms with van der Waals surface area (Å²) < 4.78 is 5.17. The van der Waals surface area contributed by atoms with Gasteiger partial charge in [0.2, 0.25) is 5.91 Å². The van der Waals surface area contributed by atoms with Crippen LogP contribution in [0.2, 0.25) is 0 Å². The predicted octanol–water partition coefficient (Wildman–Crippen LogP) is 2.74. The normalized spacial score (nSPS) is 32.7. The Morgan fingerprint density at radius 3 is 2.38 bits per heavy atom. The molecule has 21 heavy (non-hydrogen) atoms. The van der Waals surface area contributed by atoms with Crippen LogP contribution < -0.4 is 9.64 Å². The second-order valence-electron chi connectivity index (χ2n) is 6.47. The van der Waals surface area contributed by atoms with Crippen LogP contribution in [0.5, 0.6) is 5.75 Å². The molecule has 3 rings (SSSR count). The van der Waals surface area contributed by atoms with Gasteiger partial charge in [-0.05, 0) is 63.3 Å². The summed E-state index contributed by atoms with van der Waals surface area (Å²) in [5.41, 5.74) is -0.581. The highest BCUT2D eigenvalue weighted by Gasteiger charge is 2.58. The Morgan fingerprint density at radius 1 is 1.14 bits per heavy atom. The van der Waals surface area contributed by atoms with Gasteiger partial charge in [0.25, 0.3) is 0 Å². The topological polar surface area (TPSA) is 49.8 Å². The summed E-state index contributed by atoms with van der Waals surface area (Å²) in [6.07, 6.45) is 4.18. The summed E-state index contributed by atoms with van der Waals surface area (Å²) >= 11 is 0. The quantitative estimate of drug-likeness (QED) is 0.910. The number of ether oxygens (including phenoxy) is 1. The molecule has 0 radical (unpaired) electrons. The van der Waals surface area contributed by atoms with Gasteiger partial charge in [-0.25, -0.2) is 0 Å². The van der Waals surface area contributed by atoms with E-state index in [0.29, 0.717) is 0 Å². The molecule has 0 aromatic heterocycles. The van der Waals surface area contributed by atoms with Crippen LogP contribution in [0.4, 0.5) is 5.69 Å². The van der Waals surface area contributed by atoms with E-state index in [1.54, 1.807) is 7.11 Å². The zero-order valence-electron chi connectivity index (χ0n) is 12.8. The number of rotatable bonds is 2. The van der Waals surface area contributed by atoms with E-state index in [0.717, 1.165) is 50.1 Å². The summed E-state index contributed by atoms with van der Waals surface area (Å²) in [7, 11) is 1.63. The minimum atomic E-state index is -0.880. The van der Waals surface area contributed by atoms with Gasteiger partial charge < -0.3 is 14.7 Å². The number of carbonyl (C=O) groups excluding carboxylic acids is 1. The monoisotopic (exact) mass is 289 g/mol. The number of methoxy groups -OCH3 is 1. The molecule has 1 saturated heterocycles. The largest absolute Gasteiger partial charge is 0.497 e. The summed E-state index contributed by atoms with van der Waals surface area (Å²) in [6, 6.07) is 7.58. The van der Waals surface area contributed by atoms with E-state index in [4.69, 9.17) is 4.74 Å². The number of nitrogens with zero attached hydrogens (tertiary/aromatic N) is 1. The number of anilines is 1. The number of piperidine rings is 1. The van der Waals surface area contributed by atoms with Gasteiger partial charge in [0.15, 0.2) is 0 Å². The predicted molar refractivity (Wildman–Crippen MR) is 81.5 cm³/mol. The van der Waals surface area contributed by atoms with Crippen molar-refractivity contribution in [1.82, 2.24) is 0 Å². The summed E-state index contributed by atoms with van der Waals surface area (Å²) in [5, 5.41) is 10.7. The van der Waals surface area contributed by atoms with E-state index in [2.05, 4.69) is 0 Å². The van der Waals surface area contributed by atoms with Crippen LogP contribution >= 0.6 is 0 Å². The van der Waals surface area contributed by atoms with Crippen molar-refractivity contribution in [1.29, 1.82) is 0 Å². The van der Waals surface area contributed by atoms with Gasteiger partial charge >= 0.3 is 0 Å². The van der Waals surface area contributed by atoms with Crippen molar-refractivity contribution in [3.63, 3.8) is 0 Å². The molecule has 1 N–H and O–H groups in total. The second kappa shape index (κ2) is 5.02. The van der Waals surface area contributed by atoms with Crippen molar-refractivity contribution in [2.24, 2.45) is 5.41 Å². The molecule has 2 aliphatic rings. The van der Waals surface area contributed by atoms with Gasteiger partial charge in [-0.1, -0.05) is 0 Å². The van der Waals surface area contributed by atoms with Gasteiger partial charge in [0.05, 0.1) is 18.1 Å². The minimum absolute atomic E-state index is 0.0846. The van der Waals surface area contributed by atoms with Crippen LogP contribution in [-0.4, -0.2) is 30.3 Å². The Bertz CT molecular complexity index is 537. The van der Waals surface area contributed by atoms with E-state index < -0.39 is 11.0 Å². The standard InChI is InChI=1S/C17H23NO3/c1-16(20)9-3-10-17(16)11-4-12-18(15(17)19)13-5-7-14(21-2)8-6-13/h5-8,20H,3-4,9-12H2,1-2H3/t16-,17+/m1/s1. The summed E-state index contributed by atoms with van der Waals surface area (Å²) in [4.78, 5) is 14.9.